The van der Waals surface area contributed by atoms with Gasteiger partial charge in [-0.1, -0.05) is 0 Å². The standard InChI is InChI=1S/C31H29F3IN4O4/c1-35-18-39(35,21-16-31(33,34)17-21)30(42)28(22-9-3-4-10-23(22)35)37(20-8-5-7-19(32)15-20)29(41)24-13-14-27(40)38(24)25-11-6-12-26(36-25)43-2/h3-12,15,21,24,28H,1,13-14,16-18H2,2H3/q+1/t24-,28-,39?/m0/s1. The summed E-state index contributed by atoms with van der Waals surface area (Å²) in [5, 5.41) is 0. The van der Waals surface area contributed by atoms with Crippen molar-refractivity contribution in [1.29, 1.82) is 0 Å². The maximum absolute atomic E-state index is 14.8. The number of hydrogen-bond acceptors (Lipinski definition) is 5. The Morgan fingerprint density at radius 2 is 1.86 bits per heavy atom. The van der Waals surface area contributed by atoms with Gasteiger partial charge in [-0.15, -0.1) is 0 Å². The Kier molecular flexibility index (Phi) is 6.33. The van der Waals surface area contributed by atoms with E-state index in [1.165, 1.54) is 35.1 Å². The van der Waals surface area contributed by atoms with Crippen molar-refractivity contribution < 1.29 is 35.0 Å². The van der Waals surface area contributed by atoms with Crippen LogP contribution in [0.3, 0.4) is 0 Å². The molecule has 0 radical (unpaired) electrons. The number of benzene rings is 2. The zero-order chi connectivity index (χ0) is 30.3. The van der Waals surface area contributed by atoms with Gasteiger partial charge in [0, 0.05) is 0 Å². The van der Waals surface area contributed by atoms with Crippen molar-refractivity contribution >= 4 is 52.0 Å². The minimum absolute atomic E-state index is 0.0651. The van der Waals surface area contributed by atoms with Gasteiger partial charge in [0.1, 0.15) is 0 Å². The first-order valence-corrected chi connectivity index (χ1v) is 19.0. The number of anilines is 2. The van der Waals surface area contributed by atoms with Crippen LogP contribution in [0.1, 0.15) is 37.3 Å². The van der Waals surface area contributed by atoms with Gasteiger partial charge >= 0.3 is 251 Å². The molecule has 43 heavy (non-hydrogen) atoms. The number of carbonyl (C=O) groups excluding carboxylic acids is 3. The molecule has 0 bridgehead atoms. The maximum atomic E-state index is 14.8. The van der Waals surface area contributed by atoms with Crippen molar-refractivity contribution in [2.45, 2.75) is 49.7 Å². The molecule has 1 saturated carbocycles. The van der Waals surface area contributed by atoms with Crippen molar-refractivity contribution in [1.82, 2.24) is 4.98 Å². The van der Waals surface area contributed by atoms with E-state index in [1.54, 1.807) is 36.4 Å². The van der Waals surface area contributed by atoms with Gasteiger partial charge in [0.25, 0.3) is 0 Å². The van der Waals surface area contributed by atoms with Crippen LogP contribution in [0.2, 0.25) is 0 Å². The first-order valence-electron chi connectivity index (χ1n) is 13.9. The van der Waals surface area contributed by atoms with Crippen LogP contribution in [0.15, 0.2) is 66.7 Å². The molecule has 12 heteroatoms. The summed E-state index contributed by atoms with van der Waals surface area (Å²) in [5.41, 5.74) is 0.724. The fraction of sp³-hybridized carbons (Fsp3) is 0.323. The van der Waals surface area contributed by atoms with E-state index in [0.717, 1.165) is 3.57 Å². The summed E-state index contributed by atoms with van der Waals surface area (Å²) in [6.07, 6.45) is -0.602. The monoisotopic (exact) mass is 705 g/mol. The zero-order valence-electron chi connectivity index (χ0n) is 23.3. The van der Waals surface area contributed by atoms with Gasteiger partial charge in [-0.25, -0.2) is 0 Å². The number of halogens is 4. The summed E-state index contributed by atoms with van der Waals surface area (Å²) < 4.78 is 54.0. The predicted octanol–water partition coefficient (Wildman–Crippen LogP) is 5.18. The Morgan fingerprint density at radius 3 is 2.58 bits per heavy atom. The molecule has 3 amide bonds. The molecular formula is C31H29F3IN4O4+. The SMILES string of the molecule is C=I12C[N+]1(C1CC(F)(F)C1)C(=O)[C@@H](N(C(=O)[C@@H]1CCC(=O)N1c1cccc(OC)n1)c1cccc(F)c1)c1ccccc12. The molecule has 3 aliphatic heterocycles. The number of quaternary nitrogens is 1. The average molecular weight is 705 g/mol. The Bertz CT molecular complexity index is 1740. The molecule has 2 unspecified atom stereocenters. The normalized spacial score (nSPS) is 30.5. The average Bonchev–Trinajstić information content (AvgIpc) is 3.46. The van der Waals surface area contributed by atoms with Crippen molar-refractivity contribution in [3.8, 4) is 5.88 Å². The van der Waals surface area contributed by atoms with Gasteiger partial charge in [0.15, 0.2) is 0 Å². The van der Waals surface area contributed by atoms with Crippen LogP contribution >= 0.6 is 18.2 Å². The molecular weight excluding hydrogens is 676 g/mol. The second-order valence-electron chi connectivity index (χ2n) is 11.4. The second kappa shape index (κ2) is 9.68. The number of fused-ring (bicyclic) bond motifs is 3. The summed E-state index contributed by atoms with van der Waals surface area (Å²) >= 11 is -3.35. The Hall–Kier alpha value is -3.65. The number of pyridine rings is 1. The molecule has 7 rings (SSSR count). The molecule has 1 aliphatic carbocycles. The van der Waals surface area contributed by atoms with E-state index in [-0.39, 0.29) is 44.7 Å². The molecule has 3 fully saturated rings. The fourth-order valence-corrected chi connectivity index (χ4v) is 18.2. The number of rotatable bonds is 6. The minimum atomic E-state index is -3.35. The van der Waals surface area contributed by atoms with Crippen molar-refractivity contribution in [3.63, 3.8) is 0 Å². The van der Waals surface area contributed by atoms with Crippen molar-refractivity contribution in [2.75, 3.05) is 21.5 Å². The summed E-state index contributed by atoms with van der Waals surface area (Å²) in [7, 11) is 1.44. The fourth-order valence-electron chi connectivity index (χ4n) is 6.82. The molecule has 4 heterocycles. The van der Waals surface area contributed by atoms with E-state index in [0.29, 0.717) is 10.1 Å². The topological polar surface area (TPSA) is 79.8 Å². The van der Waals surface area contributed by atoms with E-state index in [1.807, 2.05) is 12.1 Å². The molecule has 3 aromatic rings. The van der Waals surface area contributed by atoms with Gasteiger partial charge in [-0.05, 0) is 0 Å². The van der Waals surface area contributed by atoms with E-state index >= 15 is 0 Å². The van der Waals surface area contributed by atoms with Crippen LogP contribution in [0.4, 0.5) is 24.7 Å². The van der Waals surface area contributed by atoms with E-state index < -0.39 is 66.8 Å². The first kappa shape index (κ1) is 28.1. The number of ether oxygens (including phenoxy) is 1. The number of methoxy groups -OCH3 is 1. The molecule has 224 valence electrons. The quantitative estimate of drug-likeness (QED) is 0.116. The van der Waals surface area contributed by atoms with Crippen LogP contribution in [-0.4, -0.2) is 59.6 Å². The van der Waals surface area contributed by atoms with Crippen LogP contribution in [0.25, 0.3) is 0 Å². The number of alkyl halides is 3. The predicted molar refractivity (Wildman–Crippen MR) is 162 cm³/mol. The summed E-state index contributed by atoms with van der Waals surface area (Å²) in [6.45, 7) is 0. The molecule has 2 saturated heterocycles. The molecule has 1 aromatic heterocycles. The second-order valence-corrected chi connectivity index (χ2v) is 19.4. The van der Waals surface area contributed by atoms with Crippen LogP contribution in [-0.2, 0) is 14.4 Å². The van der Waals surface area contributed by atoms with Crippen molar-refractivity contribution in [2.24, 2.45) is 0 Å². The Labute approximate surface area is 250 Å². The summed E-state index contributed by atoms with van der Waals surface area (Å²) in [6, 6.07) is 14.7. The van der Waals surface area contributed by atoms with Crippen LogP contribution in [0.5, 0.6) is 5.88 Å². The van der Waals surface area contributed by atoms with Gasteiger partial charge < -0.3 is 0 Å². The third-order valence-corrected chi connectivity index (χ3v) is 18.4. The van der Waals surface area contributed by atoms with E-state index in [2.05, 4.69) is 9.50 Å². The van der Waals surface area contributed by atoms with Gasteiger partial charge in [-0.3, -0.25) is 0 Å². The third-order valence-electron chi connectivity index (χ3n) is 8.96. The Morgan fingerprint density at radius 1 is 1.12 bits per heavy atom. The molecule has 4 atom stereocenters. The first-order chi connectivity index (χ1) is 20.5. The number of aromatic nitrogens is 1. The van der Waals surface area contributed by atoms with Gasteiger partial charge in [-0.2, -0.15) is 0 Å². The Balaban J connectivity index is 1.37. The number of amides is 3. The number of nitrogens with zero attached hydrogens (tertiary/aromatic N) is 4. The molecule has 2 aromatic carbocycles. The summed E-state index contributed by atoms with van der Waals surface area (Å²) in [5.74, 6) is -4.27. The van der Waals surface area contributed by atoms with Gasteiger partial charge in [0.2, 0.25) is 0 Å². The summed E-state index contributed by atoms with van der Waals surface area (Å²) in [4.78, 5) is 49.6. The van der Waals surface area contributed by atoms with Crippen molar-refractivity contribution in [3.05, 3.63) is 81.7 Å². The molecule has 0 spiro atoms. The molecule has 0 N–H and O–H groups in total. The van der Waals surface area contributed by atoms with E-state index in [9.17, 15) is 27.6 Å². The molecule has 4 aliphatic rings. The van der Waals surface area contributed by atoms with Crippen LogP contribution < -0.4 is 14.5 Å². The zero-order valence-corrected chi connectivity index (χ0v) is 25.4. The molecule has 8 nitrogen and oxygen atoms in total. The number of carbonyl (C=O) groups is 3. The van der Waals surface area contributed by atoms with Gasteiger partial charge in [0.05, 0.1) is 0 Å². The van der Waals surface area contributed by atoms with E-state index in [4.69, 9.17) is 4.74 Å². The van der Waals surface area contributed by atoms with Crippen LogP contribution in [0, 0.1) is 9.39 Å². The number of hydrogen-bond donors (Lipinski definition) is 0. The third kappa shape index (κ3) is 4.09.